The van der Waals surface area contributed by atoms with Crippen LogP contribution < -0.4 is 15.2 Å². The van der Waals surface area contributed by atoms with Crippen molar-refractivity contribution < 1.29 is 23.3 Å². The van der Waals surface area contributed by atoms with Crippen LogP contribution in [-0.4, -0.2) is 59.3 Å². The molecule has 2 aromatic carbocycles. The van der Waals surface area contributed by atoms with Crippen molar-refractivity contribution in [2.45, 2.75) is 63.8 Å². The summed E-state index contributed by atoms with van der Waals surface area (Å²) in [6, 6.07) is 13.7. The second kappa shape index (κ2) is 14.6. The van der Waals surface area contributed by atoms with Gasteiger partial charge in [-0.2, -0.15) is 0 Å². The van der Waals surface area contributed by atoms with Crippen molar-refractivity contribution in [3.05, 3.63) is 53.6 Å². The van der Waals surface area contributed by atoms with E-state index in [1.165, 1.54) is 31.9 Å². The Balaban J connectivity index is 1.67. The number of methoxy groups -OCH3 is 2. The maximum Gasteiger partial charge on any atom is 0.337 e. The fourth-order valence-corrected chi connectivity index (χ4v) is 6.11. The number of rotatable bonds is 13. The van der Waals surface area contributed by atoms with Gasteiger partial charge in [0.2, 0.25) is 5.91 Å². The van der Waals surface area contributed by atoms with Gasteiger partial charge >= 0.3 is 5.97 Å². The average Bonchev–Trinajstić information content (AvgIpc) is 3.31. The van der Waals surface area contributed by atoms with E-state index in [1.807, 2.05) is 42.5 Å². The predicted molar refractivity (Wildman–Crippen MR) is 163 cm³/mol. The molecule has 1 unspecified atom stereocenters. The van der Waals surface area contributed by atoms with Gasteiger partial charge in [-0.3, -0.25) is 4.79 Å². The van der Waals surface area contributed by atoms with Crippen molar-refractivity contribution in [2.24, 2.45) is 5.14 Å². The summed E-state index contributed by atoms with van der Waals surface area (Å²) in [5.41, 5.74) is 4.59. The number of fused-ring (bicyclic) bond motifs is 1. The zero-order valence-electron chi connectivity index (χ0n) is 24.3. The Morgan fingerprint density at radius 1 is 1.05 bits per heavy atom. The number of hydrogen-bond acceptors (Lipinski definition) is 5. The lowest BCUT2D eigenvalue weighted by Crippen LogP contribution is -2.29. The molecule has 3 N–H and O–H groups in total. The molecule has 1 aromatic heterocycles. The molecule has 1 amide bonds. The molecule has 4 rings (SSSR count). The first-order chi connectivity index (χ1) is 19.8. The highest BCUT2D eigenvalue weighted by atomic mass is 32.2. The van der Waals surface area contributed by atoms with Crippen LogP contribution in [-0.2, 0) is 27.2 Å². The lowest BCUT2D eigenvalue weighted by atomic mass is 9.82. The third-order valence-electron chi connectivity index (χ3n) is 7.98. The summed E-state index contributed by atoms with van der Waals surface area (Å²) >= 11 is -1.46. The van der Waals surface area contributed by atoms with E-state index in [1.54, 1.807) is 18.5 Å². The molecule has 41 heavy (non-hydrogen) atoms. The minimum atomic E-state index is -1.46. The predicted octanol–water partition coefficient (Wildman–Crippen LogP) is 4.91. The van der Waals surface area contributed by atoms with Crippen molar-refractivity contribution in [3.63, 3.8) is 0 Å². The van der Waals surface area contributed by atoms with Gasteiger partial charge in [-0.15, -0.1) is 0 Å². The molecule has 0 spiro atoms. The maximum absolute atomic E-state index is 13.3. The van der Waals surface area contributed by atoms with E-state index in [0.29, 0.717) is 24.6 Å². The minimum absolute atomic E-state index is 0.0875. The van der Waals surface area contributed by atoms with E-state index < -0.39 is 17.1 Å². The van der Waals surface area contributed by atoms with E-state index in [0.717, 1.165) is 60.0 Å². The number of nitrogens with zero attached hydrogens (tertiary/aromatic N) is 2. The number of amides is 1. The van der Waals surface area contributed by atoms with Gasteiger partial charge in [0.05, 0.1) is 31.0 Å². The van der Waals surface area contributed by atoms with Crippen LogP contribution in [0.5, 0.6) is 5.75 Å². The van der Waals surface area contributed by atoms with Crippen molar-refractivity contribution >= 4 is 34.0 Å². The smallest absolute Gasteiger partial charge is 0.337 e. The van der Waals surface area contributed by atoms with E-state index in [2.05, 4.69) is 9.88 Å². The minimum Gasteiger partial charge on any atom is -0.497 e. The number of nitrogens with one attached hydrogen (secondary N) is 1. The number of carbonyl (C=O) groups is 2. The van der Waals surface area contributed by atoms with Crippen LogP contribution in [0, 0.1) is 0 Å². The van der Waals surface area contributed by atoms with Gasteiger partial charge in [-0.1, -0.05) is 31.7 Å². The molecule has 1 aliphatic carbocycles. The van der Waals surface area contributed by atoms with E-state index in [4.69, 9.17) is 14.6 Å². The summed E-state index contributed by atoms with van der Waals surface area (Å²) in [6.45, 7) is 1.32. The lowest BCUT2D eigenvalue weighted by Gasteiger charge is -2.24. The second-order valence-corrected chi connectivity index (χ2v) is 11.8. The first-order valence-electron chi connectivity index (χ1n) is 14.4. The molecule has 3 aromatic rings. The van der Waals surface area contributed by atoms with E-state index >= 15 is 0 Å². The highest BCUT2D eigenvalue weighted by Gasteiger charge is 2.28. The number of nitrogens with two attached hydrogens (primary N) is 1. The van der Waals surface area contributed by atoms with Gasteiger partial charge in [-0.05, 0) is 79.1 Å². The first-order valence-corrected chi connectivity index (χ1v) is 15.5. The summed E-state index contributed by atoms with van der Waals surface area (Å²) in [7, 11) is 4.76. The first kappa shape index (κ1) is 30.7. The molecule has 0 radical (unpaired) electrons. The van der Waals surface area contributed by atoms with Crippen LogP contribution in [0.1, 0.15) is 73.2 Å². The zero-order valence-corrected chi connectivity index (χ0v) is 25.1. The second-order valence-electron chi connectivity index (χ2n) is 10.7. The molecular weight excluding hydrogens is 540 g/mol. The lowest BCUT2D eigenvalue weighted by molar-refractivity contribution is -0.121. The van der Waals surface area contributed by atoms with Gasteiger partial charge in [0.1, 0.15) is 12.3 Å². The Hall–Kier alpha value is -3.21. The van der Waals surface area contributed by atoms with Gasteiger partial charge in [0, 0.05) is 25.5 Å². The van der Waals surface area contributed by atoms with Crippen LogP contribution in [0.2, 0.25) is 0 Å². The number of esters is 1. The molecule has 0 aliphatic heterocycles. The Morgan fingerprint density at radius 3 is 2.44 bits per heavy atom. The van der Waals surface area contributed by atoms with Gasteiger partial charge in [0.15, 0.2) is 11.2 Å². The van der Waals surface area contributed by atoms with Crippen LogP contribution in [0.25, 0.3) is 22.2 Å². The van der Waals surface area contributed by atoms with Gasteiger partial charge in [-0.25, -0.2) is 18.4 Å². The summed E-state index contributed by atoms with van der Waals surface area (Å²) in [4.78, 5) is 25.8. The van der Waals surface area contributed by atoms with Crippen LogP contribution in [0.4, 0.5) is 0 Å². The molecule has 1 aliphatic rings. The van der Waals surface area contributed by atoms with Crippen LogP contribution in [0.15, 0.2) is 42.5 Å². The number of ether oxygens (including phenoxy) is 2. The molecule has 222 valence electrons. The third-order valence-corrected chi connectivity index (χ3v) is 8.78. The summed E-state index contributed by atoms with van der Waals surface area (Å²) in [5, 5.41) is 9.53. The van der Waals surface area contributed by atoms with Gasteiger partial charge < -0.3 is 19.4 Å². The highest BCUT2D eigenvalue weighted by Crippen LogP contribution is 2.44. The molecular formula is C31H42N4O5S. The normalized spacial score (nSPS) is 14.8. The van der Waals surface area contributed by atoms with Crippen LogP contribution >= 0.6 is 0 Å². The molecule has 0 bridgehead atoms. The summed E-state index contributed by atoms with van der Waals surface area (Å²) in [5.74, 6) is 0.650. The number of benzene rings is 2. The molecule has 10 heteroatoms. The number of hydrogen-bond donors (Lipinski definition) is 2. The van der Waals surface area contributed by atoms with Crippen molar-refractivity contribution in [1.82, 2.24) is 14.2 Å². The van der Waals surface area contributed by atoms with Crippen molar-refractivity contribution in [3.8, 4) is 17.0 Å². The standard InChI is InChI=1S/C31H42N4O5S/c1-34(41(32)38)19-9-5-8-18-33-28(36)21-35-27-20-24(31(37)40-3)14-17-26(27)29(22-10-6-4-7-11-22)30(35)23-12-15-25(39-2)16-13-23/h12-17,20,22H,4-11,18-19,21,32H2,1-3H3,(H,33,36). The zero-order chi connectivity index (χ0) is 29.4. The molecule has 0 saturated heterocycles. The molecule has 1 saturated carbocycles. The Bertz CT molecular complexity index is 1370. The molecule has 1 fully saturated rings. The monoisotopic (exact) mass is 582 g/mol. The van der Waals surface area contributed by atoms with Crippen molar-refractivity contribution in [2.75, 3.05) is 34.4 Å². The van der Waals surface area contributed by atoms with Crippen molar-refractivity contribution in [1.29, 1.82) is 0 Å². The average molecular weight is 583 g/mol. The Kier molecular flexibility index (Phi) is 11.0. The summed E-state index contributed by atoms with van der Waals surface area (Å²) < 4.78 is 25.4. The fourth-order valence-electron chi connectivity index (χ4n) is 5.80. The number of unbranched alkanes of at least 4 members (excludes halogenated alkanes) is 2. The fraction of sp³-hybridized carbons (Fsp3) is 0.484. The maximum atomic E-state index is 13.3. The molecule has 1 atom stereocenters. The SMILES string of the molecule is COC(=O)c1ccc2c(C3CCCCC3)c(-c3ccc(OC)cc3)n(CC(=O)NCCCCCN(C)S(N)=O)c2c1. The quantitative estimate of drug-likeness (QED) is 0.220. The van der Waals surface area contributed by atoms with E-state index in [9.17, 15) is 13.8 Å². The number of aromatic nitrogens is 1. The van der Waals surface area contributed by atoms with E-state index in [-0.39, 0.29) is 12.5 Å². The van der Waals surface area contributed by atoms with Crippen LogP contribution in [0.3, 0.4) is 0 Å². The van der Waals surface area contributed by atoms with Gasteiger partial charge in [0.25, 0.3) is 0 Å². The number of carbonyl (C=O) groups excluding carboxylic acids is 2. The topological polar surface area (TPSA) is 116 Å². The third kappa shape index (κ3) is 7.55. The summed E-state index contributed by atoms with van der Waals surface area (Å²) in [6.07, 6.45) is 8.34. The molecule has 9 nitrogen and oxygen atoms in total. The largest absolute Gasteiger partial charge is 0.497 e. The Labute approximate surface area is 245 Å². The Morgan fingerprint density at radius 2 is 1.78 bits per heavy atom. The molecule has 1 heterocycles. The highest BCUT2D eigenvalue weighted by molar-refractivity contribution is 7.80.